The number of nitrogens with one attached hydrogen (secondary N) is 1. The van der Waals surface area contributed by atoms with Gasteiger partial charge in [-0.1, -0.05) is 50.9 Å². The van der Waals surface area contributed by atoms with Crippen molar-refractivity contribution in [3.05, 3.63) is 62.0 Å². The zero-order valence-electron chi connectivity index (χ0n) is 12.4. The average Bonchev–Trinajstić information content (AvgIpc) is 2.47. The molecule has 2 aromatic rings. The van der Waals surface area contributed by atoms with E-state index in [1.165, 1.54) is 11.1 Å². The Hall–Kier alpha value is -0.840. The van der Waals surface area contributed by atoms with Crippen molar-refractivity contribution in [2.75, 3.05) is 13.7 Å². The van der Waals surface area contributed by atoms with Gasteiger partial charge in [0, 0.05) is 14.5 Å². The van der Waals surface area contributed by atoms with E-state index < -0.39 is 0 Å². The second-order valence-electron chi connectivity index (χ2n) is 4.89. The van der Waals surface area contributed by atoms with Crippen LogP contribution in [0.1, 0.15) is 29.7 Å². The maximum Gasteiger partial charge on any atom is 0.124 e. The fourth-order valence-electron chi connectivity index (χ4n) is 2.37. The Morgan fingerprint density at radius 3 is 2.57 bits per heavy atom. The van der Waals surface area contributed by atoms with Gasteiger partial charge in [-0.2, -0.15) is 0 Å². The van der Waals surface area contributed by atoms with E-state index in [-0.39, 0.29) is 6.04 Å². The topological polar surface area (TPSA) is 21.3 Å². The Bertz CT molecular complexity index is 628. The van der Waals surface area contributed by atoms with Gasteiger partial charge in [-0.3, -0.25) is 0 Å². The molecule has 0 saturated heterocycles. The molecule has 4 heteroatoms. The van der Waals surface area contributed by atoms with E-state index in [1.54, 1.807) is 7.11 Å². The summed E-state index contributed by atoms with van der Waals surface area (Å²) in [7, 11) is 1.72. The van der Waals surface area contributed by atoms with E-state index in [4.69, 9.17) is 4.74 Å². The van der Waals surface area contributed by atoms with Crippen LogP contribution in [0.5, 0.6) is 5.75 Å². The number of benzene rings is 2. The van der Waals surface area contributed by atoms with Crippen LogP contribution < -0.4 is 10.1 Å². The molecule has 0 spiro atoms. The van der Waals surface area contributed by atoms with Gasteiger partial charge in [0.15, 0.2) is 0 Å². The minimum Gasteiger partial charge on any atom is -0.496 e. The average molecular weight is 413 g/mol. The van der Waals surface area contributed by atoms with Crippen molar-refractivity contribution in [3.8, 4) is 5.75 Å². The van der Waals surface area contributed by atoms with Gasteiger partial charge >= 0.3 is 0 Å². The second-order valence-corrected chi connectivity index (χ2v) is 6.66. The first-order chi connectivity index (χ1) is 10.1. The molecule has 1 N–H and O–H groups in total. The first-order valence-electron chi connectivity index (χ1n) is 6.89. The maximum atomic E-state index is 5.59. The maximum absolute atomic E-state index is 5.59. The Kier molecular flexibility index (Phi) is 5.85. The number of hydrogen-bond acceptors (Lipinski definition) is 2. The van der Waals surface area contributed by atoms with Crippen molar-refractivity contribution < 1.29 is 4.74 Å². The van der Waals surface area contributed by atoms with Crippen LogP contribution in [-0.2, 0) is 0 Å². The lowest BCUT2D eigenvalue weighted by atomic mass is 9.96. The Balaban J connectivity index is 2.55. The van der Waals surface area contributed by atoms with Gasteiger partial charge in [0.1, 0.15) is 5.75 Å². The first kappa shape index (κ1) is 16.5. The highest BCUT2D eigenvalue weighted by Crippen LogP contribution is 2.35. The van der Waals surface area contributed by atoms with Gasteiger partial charge in [0.05, 0.1) is 13.2 Å². The molecule has 2 nitrogen and oxygen atoms in total. The third kappa shape index (κ3) is 3.87. The molecule has 0 aliphatic carbocycles. The molecular weight excluding hydrogens is 394 g/mol. The molecule has 0 bridgehead atoms. The largest absolute Gasteiger partial charge is 0.496 e. The molecule has 0 radical (unpaired) electrons. The predicted molar refractivity (Wildman–Crippen MR) is 95.1 cm³/mol. The van der Waals surface area contributed by atoms with Crippen LogP contribution in [-0.4, -0.2) is 13.7 Å². The van der Waals surface area contributed by atoms with Crippen molar-refractivity contribution in [1.29, 1.82) is 0 Å². The van der Waals surface area contributed by atoms with Gasteiger partial charge in [0.25, 0.3) is 0 Å². The SMILES string of the molecule is CCNC(c1cccc(Br)c1)c1cc(Br)c(C)cc1OC. The number of ether oxygens (including phenoxy) is 1. The van der Waals surface area contributed by atoms with Gasteiger partial charge in [-0.15, -0.1) is 0 Å². The van der Waals surface area contributed by atoms with Crippen molar-refractivity contribution >= 4 is 31.9 Å². The van der Waals surface area contributed by atoms with Crippen LogP contribution in [0.3, 0.4) is 0 Å². The zero-order chi connectivity index (χ0) is 15.4. The molecule has 0 fully saturated rings. The summed E-state index contributed by atoms with van der Waals surface area (Å²) in [6.45, 7) is 5.06. The van der Waals surface area contributed by atoms with E-state index in [9.17, 15) is 0 Å². The van der Waals surface area contributed by atoms with Gasteiger partial charge < -0.3 is 10.1 Å². The lowest BCUT2D eigenvalue weighted by Gasteiger charge is -2.22. The molecule has 0 amide bonds. The summed E-state index contributed by atoms with van der Waals surface area (Å²) >= 11 is 7.17. The number of aryl methyl sites for hydroxylation is 1. The Morgan fingerprint density at radius 2 is 1.95 bits per heavy atom. The standard InChI is InChI=1S/C17H19Br2NO/c1-4-20-17(12-6-5-7-13(18)9-12)14-10-15(19)11(2)8-16(14)21-3/h5-10,17,20H,4H2,1-3H3. The number of halogens is 2. The summed E-state index contributed by atoms with van der Waals surface area (Å²) in [6.07, 6.45) is 0. The van der Waals surface area contributed by atoms with Crippen molar-refractivity contribution in [2.45, 2.75) is 19.9 Å². The molecule has 2 rings (SSSR count). The van der Waals surface area contributed by atoms with E-state index in [2.05, 4.69) is 81.4 Å². The van der Waals surface area contributed by atoms with E-state index >= 15 is 0 Å². The predicted octanol–water partition coefficient (Wildman–Crippen LogP) is 5.23. The number of hydrogen-bond donors (Lipinski definition) is 1. The molecule has 1 atom stereocenters. The lowest BCUT2D eigenvalue weighted by molar-refractivity contribution is 0.404. The van der Waals surface area contributed by atoms with Gasteiger partial charge in [-0.05, 0) is 48.9 Å². The first-order valence-corrected chi connectivity index (χ1v) is 8.48. The quantitative estimate of drug-likeness (QED) is 0.725. The van der Waals surface area contributed by atoms with E-state index in [0.717, 1.165) is 26.8 Å². The molecule has 112 valence electrons. The molecule has 1 unspecified atom stereocenters. The molecule has 21 heavy (non-hydrogen) atoms. The Labute approximate surface area is 143 Å². The summed E-state index contributed by atoms with van der Waals surface area (Å²) in [5, 5.41) is 3.54. The molecular formula is C17H19Br2NO. The van der Waals surface area contributed by atoms with E-state index in [0.29, 0.717) is 0 Å². The summed E-state index contributed by atoms with van der Waals surface area (Å²) in [6, 6.07) is 12.7. The molecule has 0 aromatic heterocycles. The fraction of sp³-hybridized carbons (Fsp3) is 0.294. The van der Waals surface area contributed by atoms with E-state index in [1.807, 2.05) is 6.07 Å². The summed E-state index contributed by atoms with van der Waals surface area (Å²) < 4.78 is 7.76. The van der Waals surface area contributed by atoms with Gasteiger partial charge in [0.2, 0.25) is 0 Å². The van der Waals surface area contributed by atoms with Crippen LogP contribution in [0.25, 0.3) is 0 Å². The number of methoxy groups -OCH3 is 1. The van der Waals surface area contributed by atoms with Crippen molar-refractivity contribution in [2.24, 2.45) is 0 Å². The third-order valence-corrected chi connectivity index (χ3v) is 4.76. The fourth-order valence-corrected chi connectivity index (χ4v) is 3.15. The minimum atomic E-state index is 0.0966. The second kappa shape index (κ2) is 7.43. The monoisotopic (exact) mass is 411 g/mol. The normalized spacial score (nSPS) is 12.2. The minimum absolute atomic E-state index is 0.0966. The van der Waals surface area contributed by atoms with Crippen LogP contribution in [0.2, 0.25) is 0 Å². The van der Waals surface area contributed by atoms with Crippen molar-refractivity contribution in [3.63, 3.8) is 0 Å². The lowest BCUT2D eigenvalue weighted by Crippen LogP contribution is -2.22. The highest BCUT2D eigenvalue weighted by atomic mass is 79.9. The van der Waals surface area contributed by atoms with Crippen LogP contribution in [0.4, 0.5) is 0 Å². The summed E-state index contributed by atoms with van der Waals surface area (Å²) in [5.74, 6) is 0.904. The zero-order valence-corrected chi connectivity index (χ0v) is 15.6. The molecule has 2 aromatic carbocycles. The molecule has 0 aliphatic rings. The van der Waals surface area contributed by atoms with Gasteiger partial charge in [-0.25, -0.2) is 0 Å². The van der Waals surface area contributed by atoms with Crippen LogP contribution >= 0.6 is 31.9 Å². The summed E-state index contributed by atoms with van der Waals surface area (Å²) in [4.78, 5) is 0. The molecule has 0 heterocycles. The summed E-state index contributed by atoms with van der Waals surface area (Å²) in [5.41, 5.74) is 3.51. The highest BCUT2D eigenvalue weighted by Gasteiger charge is 2.19. The molecule has 0 aliphatic heterocycles. The van der Waals surface area contributed by atoms with Crippen LogP contribution in [0, 0.1) is 6.92 Å². The smallest absolute Gasteiger partial charge is 0.124 e. The number of rotatable bonds is 5. The van der Waals surface area contributed by atoms with Crippen LogP contribution in [0.15, 0.2) is 45.3 Å². The van der Waals surface area contributed by atoms with Crippen molar-refractivity contribution in [1.82, 2.24) is 5.32 Å². The Morgan fingerprint density at radius 1 is 1.19 bits per heavy atom. The third-order valence-electron chi connectivity index (χ3n) is 3.41. The molecule has 0 saturated carbocycles. The highest BCUT2D eigenvalue weighted by molar-refractivity contribution is 9.10.